The predicted octanol–water partition coefficient (Wildman–Crippen LogP) is 3.60. The number of carbonyl (C=O) groups is 2. The van der Waals surface area contributed by atoms with Crippen molar-refractivity contribution >= 4 is 11.9 Å². The Bertz CT molecular complexity index is 796. The zero-order valence-corrected chi connectivity index (χ0v) is 16.5. The highest BCUT2D eigenvalue weighted by Gasteiger charge is 2.24. The van der Waals surface area contributed by atoms with Crippen LogP contribution in [0, 0.1) is 0 Å². The zero-order chi connectivity index (χ0) is 22.3. The van der Waals surface area contributed by atoms with Crippen LogP contribution in [0.2, 0.25) is 0 Å². The molecule has 0 aliphatic heterocycles. The van der Waals surface area contributed by atoms with Gasteiger partial charge in [-0.1, -0.05) is 0 Å². The lowest BCUT2D eigenvalue weighted by molar-refractivity contribution is 0.0464. The van der Waals surface area contributed by atoms with E-state index in [1.165, 1.54) is 26.5 Å². The van der Waals surface area contributed by atoms with Crippen molar-refractivity contribution in [3.8, 4) is 0 Å². The van der Waals surface area contributed by atoms with Crippen molar-refractivity contribution in [1.29, 1.82) is 0 Å². The molecule has 0 spiro atoms. The maximum atomic E-state index is 12.8. The Kier molecular flexibility index (Phi) is 8.36. The van der Waals surface area contributed by atoms with Gasteiger partial charge in [0.05, 0.1) is 13.2 Å². The average Bonchev–Trinajstić information content (AvgIpc) is 3.26. The van der Waals surface area contributed by atoms with Gasteiger partial charge in [0.1, 0.15) is 22.5 Å². The Balaban J connectivity index is 1.63. The molecule has 166 valence electrons. The van der Waals surface area contributed by atoms with Crippen molar-refractivity contribution in [3.05, 3.63) is 34.9 Å². The monoisotopic (exact) mass is 434 g/mol. The lowest BCUT2D eigenvalue weighted by atomic mass is 10.2. The fraction of sp³-hybridized carbons (Fsp3) is 0.556. The lowest BCUT2D eigenvalue weighted by Gasteiger charge is -2.06. The van der Waals surface area contributed by atoms with Crippen LogP contribution in [0.3, 0.4) is 0 Å². The topological polar surface area (TPSA) is 88.2 Å². The molecule has 0 fully saturated rings. The van der Waals surface area contributed by atoms with Crippen LogP contribution >= 0.6 is 0 Å². The van der Waals surface area contributed by atoms with Gasteiger partial charge in [-0.3, -0.25) is 9.36 Å². The molecule has 2 aromatic rings. The first-order valence-electron chi connectivity index (χ1n) is 9.18. The van der Waals surface area contributed by atoms with E-state index < -0.39 is 36.2 Å². The second-order valence-electron chi connectivity index (χ2n) is 6.49. The number of ether oxygens (including phenoxy) is 2. The Morgan fingerprint density at radius 2 is 1.17 bits per heavy atom. The summed E-state index contributed by atoms with van der Waals surface area (Å²) >= 11 is 0. The van der Waals surface area contributed by atoms with Crippen LogP contribution in [0.5, 0.6) is 0 Å². The molecule has 0 aliphatic rings. The van der Waals surface area contributed by atoms with Gasteiger partial charge in [-0.25, -0.2) is 27.2 Å². The van der Waals surface area contributed by atoms with E-state index in [9.17, 15) is 27.2 Å². The van der Waals surface area contributed by atoms with Gasteiger partial charge in [0, 0.05) is 26.5 Å². The Morgan fingerprint density at radius 3 is 1.50 bits per heavy atom. The number of esters is 2. The number of carbonyl (C=O) groups excluding carboxylic acids is 2. The van der Waals surface area contributed by atoms with Gasteiger partial charge in [0.15, 0.2) is 0 Å². The SMILES string of the molecule is Cn1cc(C(=O)OCCCCCCOC(=O)c2cn(C)nc2C(F)F)c(C(F)F)n1. The first-order valence-corrected chi connectivity index (χ1v) is 9.18. The molecule has 0 bridgehead atoms. The lowest BCUT2D eigenvalue weighted by Crippen LogP contribution is -2.09. The Labute approximate surface area is 169 Å². The van der Waals surface area contributed by atoms with E-state index in [1.54, 1.807) is 0 Å². The van der Waals surface area contributed by atoms with Crippen LogP contribution in [0.1, 0.15) is 70.6 Å². The van der Waals surface area contributed by atoms with Gasteiger partial charge in [-0.05, 0) is 25.7 Å². The number of nitrogens with zero attached hydrogens (tertiary/aromatic N) is 4. The number of halogens is 4. The minimum absolute atomic E-state index is 0.0453. The number of aryl methyl sites for hydroxylation is 2. The van der Waals surface area contributed by atoms with E-state index in [-0.39, 0.29) is 24.3 Å². The van der Waals surface area contributed by atoms with E-state index in [0.717, 1.165) is 9.36 Å². The second kappa shape index (κ2) is 10.7. The number of hydrogen-bond donors (Lipinski definition) is 0. The van der Waals surface area contributed by atoms with Crippen molar-refractivity contribution in [1.82, 2.24) is 19.6 Å². The first-order chi connectivity index (χ1) is 14.2. The highest BCUT2D eigenvalue weighted by molar-refractivity contribution is 5.91. The molecule has 2 aromatic heterocycles. The molecular formula is C18H22F4N4O4. The largest absolute Gasteiger partial charge is 0.462 e. The van der Waals surface area contributed by atoms with Crippen LogP contribution in [0.15, 0.2) is 12.4 Å². The summed E-state index contributed by atoms with van der Waals surface area (Å²) in [5, 5.41) is 7.08. The summed E-state index contributed by atoms with van der Waals surface area (Å²) in [6.45, 7) is 0.0905. The van der Waals surface area contributed by atoms with Crippen LogP contribution in [0.25, 0.3) is 0 Å². The van der Waals surface area contributed by atoms with Crippen LogP contribution < -0.4 is 0 Å². The van der Waals surface area contributed by atoms with Gasteiger partial charge in [-0.2, -0.15) is 10.2 Å². The standard InChI is InChI=1S/C18H22F4N4O4/c1-25-9-11(13(23-25)15(19)20)17(27)29-7-5-3-4-6-8-30-18(28)12-10-26(2)24-14(12)16(21)22/h9-10,15-16H,3-8H2,1-2H3. The van der Waals surface area contributed by atoms with Crippen LogP contribution in [-0.2, 0) is 23.6 Å². The summed E-state index contributed by atoms with van der Waals surface area (Å²) in [5.41, 5.74) is -1.77. The number of hydrogen-bond acceptors (Lipinski definition) is 6. The number of rotatable bonds is 11. The summed E-state index contributed by atoms with van der Waals surface area (Å²) in [4.78, 5) is 23.8. The molecule has 0 aromatic carbocycles. The third-order valence-electron chi connectivity index (χ3n) is 4.07. The van der Waals surface area contributed by atoms with Crippen molar-refractivity contribution < 1.29 is 36.6 Å². The molecule has 0 saturated heterocycles. The molecule has 0 saturated carbocycles. The second-order valence-corrected chi connectivity index (χ2v) is 6.49. The van der Waals surface area contributed by atoms with Crippen molar-refractivity contribution in [3.63, 3.8) is 0 Å². The van der Waals surface area contributed by atoms with E-state index in [0.29, 0.717) is 25.7 Å². The van der Waals surface area contributed by atoms with Crippen molar-refractivity contribution in [2.45, 2.75) is 38.5 Å². The molecule has 0 aliphatic carbocycles. The maximum absolute atomic E-state index is 12.8. The average molecular weight is 434 g/mol. The van der Waals surface area contributed by atoms with Gasteiger partial charge < -0.3 is 9.47 Å². The van der Waals surface area contributed by atoms with Crippen molar-refractivity contribution in [2.24, 2.45) is 14.1 Å². The first kappa shape index (κ1) is 23.4. The molecule has 0 amide bonds. The van der Waals surface area contributed by atoms with Crippen LogP contribution in [0.4, 0.5) is 17.6 Å². The normalized spacial score (nSPS) is 11.3. The van der Waals surface area contributed by atoms with Gasteiger partial charge >= 0.3 is 11.9 Å². The summed E-state index contributed by atoms with van der Waals surface area (Å²) in [6.07, 6.45) is -1.15. The van der Waals surface area contributed by atoms with Gasteiger partial charge in [0.25, 0.3) is 12.9 Å². The molecule has 12 heteroatoms. The highest BCUT2D eigenvalue weighted by atomic mass is 19.3. The van der Waals surface area contributed by atoms with Gasteiger partial charge in [0.2, 0.25) is 0 Å². The third-order valence-corrected chi connectivity index (χ3v) is 4.07. The van der Waals surface area contributed by atoms with E-state index in [4.69, 9.17) is 9.47 Å². The molecule has 8 nitrogen and oxygen atoms in total. The quantitative estimate of drug-likeness (QED) is 0.305. The molecule has 0 unspecified atom stereocenters. The molecule has 0 N–H and O–H groups in total. The fourth-order valence-electron chi connectivity index (χ4n) is 2.69. The number of aromatic nitrogens is 4. The molecule has 30 heavy (non-hydrogen) atoms. The molecule has 2 rings (SSSR count). The summed E-state index contributed by atoms with van der Waals surface area (Å²) in [5.74, 6) is -1.72. The molecule has 0 radical (unpaired) electrons. The zero-order valence-electron chi connectivity index (χ0n) is 16.5. The number of unbranched alkanes of at least 4 members (excludes halogenated alkanes) is 3. The van der Waals surface area contributed by atoms with Crippen LogP contribution in [-0.4, -0.2) is 44.7 Å². The Hall–Kier alpha value is -2.92. The summed E-state index contributed by atoms with van der Waals surface area (Å²) in [6, 6.07) is 0. The Morgan fingerprint density at radius 1 is 0.800 bits per heavy atom. The minimum atomic E-state index is -2.88. The van der Waals surface area contributed by atoms with E-state index >= 15 is 0 Å². The summed E-state index contributed by atoms with van der Waals surface area (Å²) < 4.78 is 63.5. The third kappa shape index (κ3) is 6.29. The molecule has 0 atom stereocenters. The predicted molar refractivity (Wildman–Crippen MR) is 95.4 cm³/mol. The highest BCUT2D eigenvalue weighted by Crippen LogP contribution is 2.22. The molecule has 2 heterocycles. The minimum Gasteiger partial charge on any atom is -0.462 e. The van der Waals surface area contributed by atoms with E-state index in [2.05, 4.69) is 10.2 Å². The maximum Gasteiger partial charge on any atom is 0.341 e. The van der Waals surface area contributed by atoms with E-state index in [1.807, 2.05) is 0 Å². The van der Waals surface area contributed by atoms with Gasteiger partial charge in [-0.15, -0.1) is 0 Å². The number of alkyl halides is 4. The molecular weight excluding hydrogens is 412 g/mol. The summed E-state index contributed by atoms with van der Waals surface area (Å²) in [7, 11) is 2.86. The van der Waals surface area contributed by atoms with Crippen molar-refractivity contribution in [2.75, 3.05) is 13.2 Å². The fourth-order valence-corrected chi connectivity index (χ4v) is 2.69. The smallest absolute Gasteiger partial charge is 0.341 e.